The molecule has 0 radical (unpaired) electrons. The van der Waals surface area contributed by atoms with Gasteiger partial charge in [0.25, 0.3) is 0 Å². The highest BCUT2D eigenvalue weighted by atomic mass is 19.1. The van der Waals surface area contributed by atoms with Gasteiger partial charge in [0, 0.05) is 0 Å². The molecule has 0 spiro atoms. The lowest BCUT2D eigenvalue weighted by atomic mass is 10.1. The monoisotopic (exact) mass is 369 g/mol. The number of ether oxygens (including phenoxy) is 1. The Hall–Kier alpha value is -3.91. The Bertz CT molecular complexity index is 1140. The second kappa shape index (κ2) is 7.77. The molecule has 5 heteroatoms. The van der Waals surface area contributed by atoms with E-state index in [1.165, 1.54) is 12.1 Å². The molecule has 4 nitrogen and oxygen atoms in total. The number of fused-ring (bicyclic) bond motifs is 1. The van der Waals surface area contributed by atoms with Crippen molar-refractivity contribution in [2.75, 3.05) is 0 Å². The fourth-order valence-corrected chi connectivity index (χ4v) is 2.81. The number of nitrogens with zero attached hydrogens (tertiary/aromatic N) is 2. The van der Waals surface area contributed by atoms with Crippen LogP contribution in [0.3, 0.4) is 0 Å². The Morgan fingerprint density at radius 1 is 1.04 bits per heavy atom. The topological polar surface area (TPSA) is 61.7 Å². The van der Waals surface area contributed by atoms with Gasteiger partial charge in [-0.05, 0) is 53.6 Å². The fraction of sp³-hybridized carbons (Fsp3) is 0.0435. The van der Waals surface area contributed by atoms with Gasteiger partial charge in [-0.1, -0.05) is 36.4 Å². The molecule has 136 valence electrons. The van der Waals surface area contributed by atoms with E-state index in [0.717, 1.165) is 22.2 Å². The number of aromatic nitrogens is 2. The Balaban J connectivity index is 1.49. The van der Waals surface area contributed by atoms with E-state index in [-0.39, 0.29) is 5.82 Å². The second-order valence-electron chi connectivity index (χ2n) is 6.26. The molecule has 0 aliphatic heterocycles. The summed E-state index contributed by atoms with van der Waals surface area (Å²) in [6, 6.07) is 23.5. The number of hydrogen-bond donors (Lipinski definition) is 1. The van der Waals surface area contributed by atoms with Gasteiger partial charge in [-0.2, -0.15) is 5.26 Å². The van der Waals surface area contributed by atoms with Crippen LogP contribution >= 0.6 is 0 Å². The number of aromatic amines is 1. The number of para-hydroxylation sites is 2. The number of nitriles is 1. The molecule has 0 unspecified atom stereocenters. The molecule has 0 amide bonds. The van der Waals surface area contributed by atoms with Gasteiger partial charge in [-0.3, -0.25) is 0 Å². The lowest BCUT2D eigenvalue weighted by Crippen LogP contribution is -1.95. The largest absolute Gasteiger partial charge is 0.489 e. The van der Waals surface area contributed by atoms with E-state index in [9.17, 15) is 9.65 Å². The van der Waals surface area contributed by atoms with Crippen molar-refractivity contribution in [2.24, 2.45) is 0 Å². The van der Waals surface area contributed by atoms with E-state index < -0.39 is 0 Å². The van der Waals surface area contributed by atoms with E-state index in [4.69, 9.17) is 4.74 Å². The normalized spacial score (nSPS) is 11.4. The lowest BCUT2D eigenvalue weighted by Gasteiger charge is -2.06. The number of imidazole rings is 1. The second-order valence-corrected chi connectivity index (χ2v) is 6.26. The number of hydrogen-bond acceptors (Lipinski definition) is 3. The molecule has 4 aromatic rings. The first-order valence-corrected chi connectivity index (χ1v) is 8.75. The number of halogens is 1. The average molecular weight is 369 g/mol. The van der Waals surface area contributed by atoms with Crippen molar-refractivity contribution in [3.8, 4) is 11.8 Å². The summed E-state index contributed by atoms with van der Waals surface area (Å²) in [5.41, 5.74) is 3.93. The van der Waals surface area contributed by atoms with Crippen LogP contribution in [0.4, 0.5) is 4.39 Å². The first kappa shape index (κ1) is 17.5. The van der Waals surface area contributed by atoms with E-state index >= 15 is 0 Å². The zero-order valence-electron chi connectivity index (χ0n) is 14.9. The molecule has 1 N–H and O–H groups in total. The van der Waals surface area contributed by atoms with Gasteiger partial charge < -0.3 is 9.72 Å². The Morgan fingerprint density at radius 2 is 1.79 bits per heavy atom. The fourth-order valence-electron chi connectivity index (χ4n) is 2.81. The van der Waals surface area contributed by atoms with Crippen molar-refractivity contribution in [2.45, 2.75) is 6.61 Å². The minimum atomic E-state index is -0.266. The first-order chi connectivity index (χ1) is 13.7. The standard InChI is InChI=1S/C23H16FN3O/c24-19-9-5-17(6-10-19)15-28-20-11-7-16(8-12-20)13-18(14-25)23-26-21-3-1-2-4-22(21)27-23/h1-13H,15H2,(H,26,27)/b18-13+. The Kier molecular flexibility index (Phi) is 4.85. The molecule has 0 bridgehead atoms. The maximum Gasteiger partial charge on any atom is 0.149 e. The lowest BCUT2D eigenvalue weighted by molar-refractivity contribution is 0.306. The summed E-state index contributed by atoms with van der Waals surface area (Å²) in [5, 5.41) is 9.52. The van der Waals surface area contributed by atoms with Crippen molar-refractivity contribution < 1.29 is 9.13 Å². The molecular weight excluding hydrogens is 353 g/mol. The molecule has 1 heterocycles. The van der Waals surface area contributed by atoms with Gasteiger partial charge in [-0.15, -0.1) is 0 Å². The Labute approximate surface area is 161 Å². The number of H-pyrrole nitrogens is 1. The molecule has 3 aromatic carbocycles. The molecule has 28 heavy (non-hydrogen) atoms. The van der Waals surface area contributed by atoms with E-state index in [2.05, 4.69) is 16.0 Å². The predicted molar refractivity (Wildman–Crippen MR) is 107 cm³/mol. The predicted octanol–water partition coefficient (Wildman–Crippen LogP) is 5.35. The maximum atomic E-state index is 12.9. The summed E-state index contributed by atoms with van der Waals surface area (Å²) < 4.78 is 18.7. The van der Waals surface area contributed by atoms with E-state index in [0.29, 0.717) is 23.8 Å². The van der Waals surface area contributed by atoms with Crippen molar-refractivity contribution in [1.82, 2.24) is 9.97 Å². The van der Waals surface area contributed by atoms with Gasteiger partial charge in [0.15, 0.2) is 0 Å². The highest BCUT2D eigenvalue weighted by molar-refractivity contribution is 5.90. The van der Waals surface area contributed by atoms with Crippen LogP contribution in [0.5, 0.6) is 5.75 Å². The highest BCUT2D eigenvalue weighted by Gasteiger charge is 2.07. The summed E-state index contributed by atoms with van der Waals surface area (Å²) in [4.78, 5) is 7.64. The quantitative estimate of drug-likeness (QED) is 0.483. The van der Waals surface area contributed by atoms with Crippen molar-refractivity contribution in [3.63, 3.8) is 0 Å². The SMILES string of the molecule is N#C/C(=C\c1ccc(OCc2ccc(F)cc2)cc1)c1nc2ccccc2[nH]1. The first-order valence-electron chi connectivity index (χ1n) is 8.75. The zero-order chi connectivity index (χ0) is 19.3. The number of rotatable bonds is 5. The summed E-state index contributed by atoms with van der Waals surface area (Å²) in [6.45, 7) is 0.359. The van der Waals surface area contributed by atoms with Gasteiger partial charge in [0.2, 0.25) is 0 Å². The van der Waals surface area contributed by atoms with E-state index in [1.807, 2.05) is 48.5 Å². The van der Waals surface area contributed by atoms with Crippen molar-refractivity contribution in [3.05, 3.63) is 95.6 Å². The van der Waals surface area contributed by atoms with Gasteiger partial charge in [-0.25, -0.2) is 9.37 Å². The molecule has 1 aromatic heterocycles. The third-order valence-corrected chi connectivity index (χ3v) is 4.27. The summed E-state index contributed by atoms with van der Waals surface area (Å²) >= 11 is 0. The van der Waals surface area contributed by atoms with Crippen LogP contribution in [-0.2, 0) is 6.61 Å². The minimum Gasteiger partial charge on any atom is -0.489 e. The summed E-state index contributed by atoms with van der Waals surface area (Å²) in [7, 11) is 0. The molecule has 0 saturated heterocycles. The number of nitrogens with one attached hydrogen (secondary N) is 1. The van der Waals surface area contributed by atoms with E-state index in [1.54, 1.807) is 18.2 Å². The van der Waals surface area contributed by atoms with Crippen LogP contribution in [0, 0.1) is 17.1 Å². The molecule has 0 aliphatic rings. The van der Waals surface area contributed by atoms with Crippen LogP contribution < -0.4 is 4.74 Å². The molecule has 0 saturated carbocycles. The molecule has 0 fully saturated rings. The summed E-state index contributed by atoms with van der Waals surface area (Å²) in [6.07, 6.45) is 1.78. The van der Waals surface area contributed by atoms with Gasteiger partial charge in [0.05, 0.1) is 16.6 Å². The molecule has 4 rings (SSSR count). The maximum absolute atomic E-state index is 12.9. The number of benzene rings is 3. The molecule has 0 atom stereocenters. The molecule has 0 aliphatic carbocycles. The zero-order valence-corrected chi connectivity index (χ0v) is 14.9. The van der Waals surface area contributed by atoms with Crippen LogP contribution in [0.1, 0.15) is 17.0 Å². The molecular formula is C23H16FN3O. The van der Waals surface area contributed by atoms with Crippen LogP contribution in [0.2, 0.25) is 0 Å². The third kappa shape index (κ3) is 3.92. The Morgan fingerprint density at radius 3 is 2.50 bits per heavy atom. The van der Waals surface area contributed by atoms with Gasteiger partial charge in [0.1, 0.15) is 30.1 Å². The van der Waals surface area contributed by atoms with Crippen LogP contribution in [0.15, 0.2) is 72.8 Å². The van der Waals surface area contributed by atoms with Gasteiger partial charge >= 0.3 is 0 Å². The van der Waals surface area contributed by atoms with Crippen molar-refractivity contribution in [1.29, 1.82) is 5.26 Å². The van der Waals surface area contributed by atoms with Crippen molar-refractivity contribution >= 4 is 22.7 Å². The number of allylic oxidation sites excluding steroid dienone is 1. The van der Waals surface area contributed by atoms with Crippen LogP contribution in [-0.4, -0.2) is 9.97 Å². The third-order valence-electron chi connectivity index (χ3n) is 4.27. The minimum absolute atomic E-state index is 0.266. The average Bonchev–Trinajstić information content (AvgIpc) is 3.16. The smallest absolute Gasteiger partial charge is 0.149 e. The van der Waals surface area contributed by atoms with Crippen LogP contribution in [0.25, 0.3) is 22.7 Å². The summed E-state index contributed by atoms with van der Waals surface area (Å²) in [5.74, 6) is 0.974. The highest BCUT2D eigenvalue weighted by Crippen LogP contribution is 2.21.